The molecule has 272 valence electrons. The average Bonchev–Trinajstić information content (AvgIpc) is 3.08. The molecule has 0 fully saturated rings. The van der Waals surface area contributed by atoms with Gasteiger partial charge in [0.1, 0.15) is 5.75 Å². The van der Waals surface area contributed by atoms with Crippen LogP contribution in [0.3, 0.4) is 0 Å². The molecule has 0 aliphatic heterocycles. The molecule has 0 aliphatic rings. The van der Waals surface area contributed by atoms with E-state index in [0.717, 1.165) is 11.1 Å². The van der Waals surface area contributed by atoms with Crippen LogP contribution in [0, 0.1) is 0 Å². The van der Waals surface area contributed by atoms with Crippen molar-refractivity contribution >= 4 is 11.8 Å². The van der Waals surface area contributed by atoms with E-state index < -0.39 is 42.0 Å². The first-order valence-electron chi connectivity index (χ1n) is 15.9. The van der Waals surface area contributed by atoms with Crippen molar-refractivity contribution in [1.29, 1.82) is 0 Å². The largest absolute Gasteiger partial charge is 0.508 e. The second-order valence-electron chi connectivity index (χ2n) is 12.1. The topological polar surface area (TPSA) is 131 Å². The number of carbonyl (C=O) groups excluding carboxylic acids is 2. The summed E-state index contributed by atoms with van der Waals surface area (Å²) in [5.74, 6) is -0.997. The molecule has 4 rings (SSSR count). The number of alkyl halides is 6. The fraction of sp³-hybridized carbons (Fsp3) is 0.297. The Morgan fingerprint density at radius 1 is 0.745 bits per heavy atom. The maximum atomic E-state index is 13.1. The maximum Gasteiger partial charge on any atom is 0.416 e. The molecule has 51 heavy (non-hydrogen) atoms. The third-order valence-corrected chi connectivity index (χ3v) is 8.02. The molecule has 4 aromatic rings. The van der Waals surface area contributed by atoms with Crippen molar-refractivity contribution in [2.75, 3.05) is 6.54 Å². The van der Waals surface area contributed by atoms with Crippen LogP contribution < -0.4 is 16.0 Å². The van der Waals surface area contributed by atoms with E-state index in [-0.39, 0.29) is 61.0 Å². The van der Waals surface area contributed by atoms with Gasteiger partial charge in [0.15, 0.2) is 0 Å². The summed E-state index contributed by atoms with van der Waals surface area (Å²) in [7, 11) is 0. The molecule has 0 saturated heterocycles. The van der Waals surface area contributed by atoms with E-state index in [4.69, 9.17) is 0 Å². The van der Waals surface area contributed by atoms with Crippen LogP contribution in [0.25, 0.3) is 0 Å². The van der Waals surface area contributed by atoms with E-state index in [1.54, 1.807) is 24.3 Å². The summed E-state index contributed by atoms with van der Waals surface area (Å²) in [5, 5.41) is 38.0. The van der Waals surface area contributed by atoms with Gasteiger partial charge in [0.05, 0.1) is 30.3 Å². The smallest absolute Gasteiger partial charge is 0.416 e. The van der Waals surface area contributed by atoms with Crippen LogP contribution in [0.15, 0.2) is 84.9 Å². The number of halogens is 6. The number of aliphatic hydroxyl groups excluding tert-OH is 2. The Morgan fingerprint density at radius 3 is 2.00 bits per heavy atom. The third kappa shape index (κ3) is 11.6. The minimum Gasteiger partial charge on any atom is -0.508 e. The van der Waals surface area contributed by atoms with E-state index in [0.29, 0.717) is 35.2 Å². The number of benzene rings is 4. The molecule has 0 heterocycles. The molecule has 0 bridgehead atoms. The van der Waals surface area contributed by atoms with E-state index >= 15 is 0 Å². The van der Waals surface area contributed by atoms with Crippen LogP contribution in [-0.4, -0.2) is 39.7 Å². The molecule has 2 atom stereocenters. The lowest BCUT2D eigenvalue weighted by Gasteiger charge is -2.18. The van der Waals surface area contributed by atoms with E-state index in [1.165, 1.54) is 18.2 Å². The van der Waals surface area contributed by atoms with Gasteiger partial charge in [-0.2, -0.15) is 26.3 Å². The quantitative estimate of drug-likeness (QED) is 0.0893. The zero-order valence-corrected chi connectivity index (χ0v) is 27.4. The van der Waals surface area contributed by atoms with Crippen LogP contribution in [0.5, 0.6) is 5.75 Å². The number of hydrogen-bond donors (Lipinski definition) is 6. The fourth-order valence-electron chi connectivity index (χ4n) is 5.29. The van der Waals surface area contributed by atoms with Gasteiger partial charge in [-0.1, -0.05) is 42.5 Å². The highest BCUT2D eigenvalue weighted by atomic mass is 19.4. The zero-order valence-electron chi connectivity index (χ0n) is 27.4. The summed E-state index contributed by atoms with van der Waals surface area (Å²) in [6, 6.07) is 19.2. The molecule has 2 amide bonds. The molecular formula is C37H37F6N3O5. The van der Waals surface area contributed by atoms with Crippen LogP contribution >= 0.6 is 0 Å². The number of hydrogen-bond acceptors (Lipinski definition) is 6. The lowest BCUT2D eigenvalue weighted by Crippen LogP contribution is -2.32. The molecule has 0 aliphatic carbocycles. The third-order valence-electron chi connectivity index (χ3n) is 8.02. The first kappa shape index (κ1) is 38.9. The minimum atomic E-state index is -5.00. The second kappa shape index (κ2) is 16.9. The Kier molecular flexibility index (Phi) is 12.9. The van der Waals surface area contributed by atoms with E-state index in [9.17, 15) is 51.3 Å². The molecule has 14 heteroatoms. The highest BCUT2D eigenvalue weighted by Gasteiger charge is 2.36. The molecule has 6 N–H and O–H groups in total. The molecule has 4 aromatic carbocycles. The van der Waals surface area contributed by atoms with Crippen molar-refractivity contribution in [1.82, 2.24) is 16.0 Å². The molecule has 8 nitrogen and oxygen atoms in total. The summed E-state index contributed by atoms with van der Waals surface area (Å²) in [5.41, 5.74) is 0.133. The van der Waals surface area contributed by atoms with Crippen molar-refractivity contribution in [3.8, 4) is 5.75 Å². The second-order valence-corrected chi connectivity index (χ2v) is 12.1. The number of carbonyl (C=O) groups is 2. The van der Waals surface area contributed by atoms with Gasteiger partial charge >= 0.3 is 12.4 Å². The SMILES string of the molecule is C[C@H](Cc1cccc(CC(=O)NCc2ccc(C(=O)NCc3cc(C(F)(F)F)cc(C(F)(F)F)c3)cc2)c1)NC[C@H](O)c1ccc(O)c(CO)c1. The van der Waals surface area contributed by atoms with Crippen LogP contribution in [0.2, 0.25) is 0 Å². The number of phenols is 1. The highest BCUT2D eigenvalue weighted by Crippen LogP contribution is 2.36. The van der Waals surface area contributed by atoms with Crippen molar-refractivity contribution < 1.29 is 51.3 Å². The summed E-state index contributed by atoms with van der Waals surface area (Å²) in [6.45, 7) is 1.45. The number of aliphatic hydroxyl groups is 2. The predicted molar refractivity (Wildman–Crippen MR) is 176 cm³/mol. The summed E-state index contributed by atoms with van der Waals surface area (Å²) >= 11 is 0. The van der Waals surface area contributed by atoms with Crippen LogP contribution in [0.1, 0.15) is 67.9 Å². The Morgan fingerprint density at radius 2 is 1.37 bits per heavy atom. The predicted octanol–water partition coefficient (Wildman–Crippen LogP) is 5.97. The lowest BCUT2D eigenvalue weighted by molar-refractivity contribution is -0.143. The zero-order chi connectivity index (χ0) is 37.3. The van der Waals surface area contributed by atoms with Gasteiger partial charge in [0, 0.05) is 36.8 Å². The van der Waals surface area contributed by atoms with Gasteiger partial charge in [0.25, 0.3) is 5.91 Å². The standard InChI is InChI=1S/C37H37F6N3O5/c1-22(44-20-33(49)28-9-10-32(48)29(16-28)21-47)11-24-3-2-4-25(12-24)15-34(50)45-18-23-5-7-27(8-6-23)35(51)46-19-26-13-30(36(38,39)40)17-31(14-26)37(41,42)43/h2-10,12-14,16-17,22,33,44,47-49H,11,15,18-21H2,1H3,(H,45,50)(H,46,51)/t22-,33+/m1/s1. The van der Waals surface area contributed by atoms with Crippen molar-refractivity contribution in [2.45, 2.75) is 64.0 Å². The number of aromatic hydroxyl groups is 1. The van der Waals surface area contributed by atoms with Gasteiger partial charge < -0.3 is 31.3 Å². The highest BCUT2D eigenvalue weighted by molar-refractivity contribution is 5.94. The Labute approximate surface area is 290 Å². The van der Waals surface area contributed by atoms with Crippen molar-refractivity contribution in [2.24, 2.45) is 0 Å². The number of rotatable bonds is 14. The lowest BCUT2D eigenvalue weighted by atomic mass is 10.0. The number of nitrogens with one attached hydrogen (secondary N) is 3. The summed E-state index contributed by atoms with van der Waals surface area (Å²) < 4.78 is 78.8. The molecule has 0 radical (unpaired) electrons. The molecule has 0 unspecified atom stereocenters. The molecule has 0 spiro atoms. The Balaban J connectivity index is 1.23. The van der Waals surface area contributed by atoms with E-state index in [1.807, 2.05) is 31.2 Å². The normalized spacial score (nSPS) is 13.0. The Bertz CT molecular complexity index is 1780. The molecule has 0 aromatic heterocycles. The Hall–Kier alpha value is -4.92. The van der Waals surface area contributed by atoms with Crippen molar-refractivity contribution in [3.05, 3.63) is 135 Å². The van der Waals surface area contributed by atoms with Gasteiger partial charge in [-0.15, -0.1) is 0 Å². The van der Waals surface area contributed by atoms with Gasteiger partial charge in [-0.25, -0.2) is 0 Å². The van der Waals surface area contributed by atoms with Gasteiger partial charge in [-0.3, -0.25) is 9.59 Å². The first-order chi connectivity index (χ1) is 24.0. The average molecular weight is 718 g/mol. The van der Waals surface area contributed by atoms with Crippen LogP contribution in [-0.2, 0) is 49.7 Å². The fourth-order valence-corrected chi connectivity index (χ4v) is 5.29. The summed E-state index contributed by atoms with van der Waals surface area (Å²) in [6.07, 6.45) is -10.1. The molecule has 0 saturated carbocycles. The number of amides is 2. The van der Waals surface area contributed by atoms with Crippen molar-refractivity contribution in [3.63, 3.8) is 0 Å². The van der Waals surface area contributed by atoms with Gasteiger partial charge in [0.2, 0.25) is 5.91 Å². The van der Waals surface area contributed by atoms with Gasteiger partial charge in [-0.05, 0) is 83.6 Å². The van der Waals surface area contributed by atoms with E-state index in [2.05, 4.69) is 16.0 Å². The minimum absolute atomic E-state index is 0.0207. The first-order valence-corrected chi connectivity index (χ1v) is 15.9. The summed E-state index contributed by atoms with van der Waals surface area (Å²) in [4.78, 5) is 25.2. The monoisotopic (exact) mass is 717 g/mol. The molecular weight excluding hydrogens is 680 g/mol. The maximum absolute atomic E-state index is 13.1. The van der Waals surface area contributed by atoms with Crippen LogP contribution in [0.4, 0.5) is 26.3 Å².